The number of rotatable bonds is 5. The summed E-state index contributed by atoms with van der Waals surface area (Å²) in [5, 5.41) is 12.0. The van der Waals surface area contributed by atoms with Gasteiger partial charge in [-0.15, -0.1) is 0 Å². The van der Waals surface area contributed by atoms with Crippen LogP contribution in [-0.4, -0.2) is 23.2 Å². The van der Waals surface area contributed by atoms with Crippen LogP contribution in [0.2, 0.25) is 0 Å². The number of aliphatic hydroxyl groups excluding tert-OH is 1. The molecule has 4 N–H and O–H groups in total. The minimum atomic E-state index is 0.233. The maximum Gasteiger partial charge on any atom is 0.126 e. The predicted molar refractivity (Wildman–Crippen MR) is 62.7 cm³/mol. The summed E-state index contributed by atoms with van der Waals surface area (Å²) in [5.74, 6) is 1.28. The Morgan fingerprint density at radius 3 is 2.93 bits per heavy atom. The van der Waals surface area contributed by atoms with Crippen molar-refractivity contribution in [2.75, 3.05) is 24.2 Å². The number of aliphatic hydroxyl groups is 1. The van der Waals surface area contributed by atoms with Gasteiger partial charge in [0.1, 0.15) is 5.82 Å². The molecule has 1 heterocycles. The normalized spacial score (nSPS) is 12.5. The van der Waals surface area contributed by atoms with Gasteiger partial charge in [-0.2, -0.15) is 0 Å². The summed E-state index contributed by atoms with van der Waals surface area (Å²) in [7, 11) is 0. The summed E-state index contributed by atoms with van der Waals surface area (Å²) in [6.07, 6.45) is 2.47. The second kappa shape index (κ2) is 5.56. The maximum atomic E-state index is 8.75. The van der Waals surface area contributed by atoms with Crippen LogP contribution in [0, 0.1) is 12.8 Å². The van der Waals surface area contributed by atoms with Crippen molar-refractivity contribution < 1.29 is 5.11 Å². The summed E-state index contributed by atoms with van der Waals surface area (Å²) < 4.78 is 0. The molecular weight excluding hydrogens is 190 g/mol. The second-order valence-electron chi connectivity index (χ2n) is 3.92. The quantitative estimate of drug-likeness (QED) is 0.685. The molecule has 4 heteroatoms. The molecule has 0 aromatic carbocycles. The van der Waals surface area contributed by atoms with Crippen molar-refractivity contribution in [2.45, 2.75) is 20.3 Å². The Morgan fingerprint density at radius 2 is 2.33 bits per heavy atom. The van der Waals surface area contributed by atoms with E-state index in [2.05, 4.69) is 17.2 Å². The molecule has 0 saturated carbocycles. The summed E-state index contributed by atoms with van der Waals surface area (Å²) in [4.78, 5) is 4.17. The Labute approximate surface area is 90.5 Å². The number of pyridine rings is 1. The predicted octanol–water partition coefficient (Wildman–Crippen LogP) is 1.40. The third-order valence-electron chi connectivity index (χ3n) is 2.40. The molecule has 1 rings (SSSR count). The zero-order valence-corrected chi connectivity index (χ0v) is 9.33. The van der Waals surface area contributed by atoms with E-state index in [1.54, 1.807) is 6.20 Å². The zero-order valence-electron chi connectivity index (χ0n) is 9.33. The molecular formula is C11H19N3O. The molecule has 0 radical (unpaired) electrons. The van der Waals surface area contributed by atoms with Crippen LogP contribution in [0.1, 0.15) is 18.9 Å². The van der Waals surface area contributed by atoms with E-state index in [0.717, 1.165) is 24.3 Å². The van der Waals surface area contributed by atoms with Gasteiger partial charge < -0.3 is 16.2 Å². The van der Waals surface area contributed by atoms with Gasteiger partial charge in [0, 0.05) is 13.2 Å². The van der Waals surface area contributed by atoms with E-state index in [-0.39, 0.29) is 6.61 Å². The van der Waals surface area contributed by atoms with E-state index in [1.807, 2.05) is 13.0 Å². The van der Waals surface area contributed by atoms with E-state index in [1.165, 1.54) is 0 Å². The van der Waals surface area contributed by atoms with E-state index in [0.29, 0.717) is 11.6 Å². The Kier molecular flexibility index (Phi) is 4.37. The van der Waals surface area contributed by atoms with Crippen LogP contribution in [0.3, 0.4) is 0 Å². The summed E-state index contributed by atoms with van der Waals surface area (Å²) in [6, 6.07) is 1.93. The topological polar surface area (TPSA) is 71.2 Å². The van der Waals surface area contributed by atoms with Crippen LogP contribution in [0.5, 0.6) is 0 Å². The molecule has 0 bridgehead atoms. The Balaban J connectivity index is 2.47. The molecule has 4 nitrogen and oxygen atoms in total. The van der Waals surface area contributed by atoms with Crippen molar-refractivity contribution in [1.29, 1.82) is 0 Å². The molecule has 0 aliphatic heterocycles. The molecule has 1 aromatic rings. The number of hydrogen-bond donors (Lipinski definition) is 3. The highest BCUT2D eigenvalue weighted by Gasteiger charge is 2.02. The molecule has 0 saturated heterocycles. The first-order valence-electron chi connectivity index (χ1n) is 5.20. The standard InChI is InChI=1S/C11H19N3O/c1-8(3-4-15)6-13-11-5-9(2)10(12)7-14-11/h5,7-8,15H,3-4,6,12H2,1-2H3,(H,13,14). The summed E-state index contributed by atoms with van der Waals surface area (Å²) in [5.41, 5.74) is 7.41. The highest BCUT2D eigenvalue weighted by molar-refractivity contribution is 5.50. The summed E-state index contributed by atoms with van der Waals surface area (Å²) in [6.45, 7) is 5.10. The number of nitrogens with one attached hydrogen (secondary N) is 1. The molecule has 1 atom stereocenters. The molecule has 0 amide bonds. The van der Waals surface area contributed by atoms with Crippen LogP contribution < -0.4 is 11.1 Å². The number of aryl methyl sites for hydroxylation is 1. The molecule has 0 aliphatic rings. The van der Waals surface area contributed by atoms with Gasteiger partial charge in [0.25, 0.3) is 0 Å². The van der Waals surface area contributed by atoms with Crippen LogP contribution in [0.15, 0.2) is 12.3 Å². The number of aromatic nitrogens is 1. The molecule has 0 fully saturated rings. The van der Waals surface area contributed by atoms with Gasteiger partial charge in [0.05, 0.1) is 11.9 Å². The average molecular weight is 209 g/mol. The van der Waals surface area contributed by atoms with Gasteiger partial charge in [-0.25, -0.2) is 4.98 Å². The lowest BCUT2D eigenvalue weighted by molar-refractivity contribution is 0.266. The van der Waals surface area contributed by atoms with Gasteiger partial charge in [-0.3, -0.25) is 0 Å². The van der Waals surface area contributed by atoms with Crippen molar-refractivity contribution >= 4 is 11.5 Å². The Hall–Kier alpha value is -1.29. The zero-order chi connectivity index (χ0) is 11.3. The number of nitrogen functional groups attached to an aromatic ring is 1. The number of anilines is 2. The maximum absolute atomic E-state index is 8.75. The fourth-order valence-electron chi connectivity index (χ4n) is 1.26. The lowest BCUT2D eigenvalue weighted by Gasteiger charge is -2.12. The largest absolute Gasteiger partial charge is 0.397 e. The average Bonchev–Trinajstić information content (AvgIpc) is 2.20. The number of nitrogens with zero attached hydrogens (tertiary/aromatic N) is 1. The smallest absolute Gasteiger partial charge is 0.126 e. The van der Waals surface area contributed by atoms with Crippen LogP contribution >= 0.6 is 0 Å². The summed E-state index contributed by atoms with van der Waals surface area (Å²) >= 11 is 0. The Morgan fingerprint density at radius 1 is 1.60 bits per heavy atom. The second-order valence-corrected chi connectivity index (χ2v) is 3.92. The highest BCUT2D eigenvalue weighted by atomic mass is 16.3. The van der Waals surface area contributed by atoms with Crippen molar-refractivity contribution in [2.24, 2.45) is 5.92 Å². The van der Waals surface area contributed by atoms with Crippen LogP contribution in [0.25, 0.3) is 0 Å². The first-order chi connectivity index (χ1) is 7.13. The van der Waals surface area contributed by atoms with Crippen molar-refractivity contribution in [1.82, 2.24) is 4.98 Å². The van der Waals surface area contributed by atoms with E-state index >= 15 is 0 Å². The monoisotopic (exact) mass is 209 g/mol. The molecule has 84 valence electrons. The minimum absolute atomic E-state index is 0.233. The lowest BCUT2D eigenvalue weighted by atomic mass is 10.1. The minimum Gasteiger partial charge on any atom is -0.397 e. The van der Waals surface area contributed by atoms with Gasteiger partial charge in [0.15, 0.2) is 0 Å². The third-order valence-corrected chi connectivity index (χ3v) is 2.40. The van der Waals surface area contributed by atoms with Crippen molar-refractivity contribution in [3.8, 4) is 0 Å². The molecule has 15 heavy (non-hydrogen) atoms. The van der Waals surface area contributed by atoms with Crippen LogP contribution in [0.4, 0.5) is 11.5 Å². The van der Waals surface area contributed by atoms with Crippen LogP contribution in [-0.2, 0) is 0 Å². The molecule has 1 unspecified atom stereocenters. The number of hydrogen-bond acceptors (Lipinski definition) is 4. The Bertz CT molecular complexity index is 315. The molecule has 1 aromatic heterocycles. The van der Waals surface area contributed by atoms with Gasteiger partial charge in [0.2, 0.25) is 0 Å². The van der Waals surface area contributed by atoms with Gasteiger partial charge in [-0.1, -0.05) is 6.92 Å². The first-order valence-corrected chi connectivity index (χ1v) is 5.20. The first kappa shape index (κ1) is 11.8. The highest BCUT2D eigenvalue weighted by Crippen LogP contribution is 2.13. The third kappa shape index (κ3) is 3.75. The van der Waals surface area contributed by atoms with E-state index in [9.17, 15) is 0 Å². The van der Waals surface area contributed by atoms with Gasteiger partial charge >= 0.3 is 0 Å². The fourth-order valence-corrected chi connectivity index (χ4v) is 1.26. The number of nitrogens with two attached hydrogens (primary N) is 1. The SMILES string of the molecule is Cc1cc(NCC(C)CCO)ncc1N. The lowest BCUT2D eigenvalue weighted by Crippen LogP contribution is -2.13. The van der Waals surface area contributed by atoms with Crippen molar-refractivity contribution in [3.05, 3.63) is 17.8 Å². The van der Waals surface area contributed by atoms with E-state index in [4.69, 9.17) is 10.8 Å². The van der Waals surface area contributed by atoms with Gasteiger partial charge in [-0.05, 0) is 30.9 Å². The molecule has 0 spiro atoms. The fraction of sp³-hybridized carbons (Fsp3) is 0.545. The van der Waals surface area contributed by atoms with E-state index < -0.39 is 0 Å². The molecule has 0 aliphatic carbocycles. The van der Waals surface area contributed by atoms with Crippen molar-refractivity contribution in [3.63, 3.8) is 0 Å².